The monoisotopic (exact) mass is 208 g/mol. The fourth-order valence-electron chi connectivity index (χ4n) is 1.09. The number of anilines is 1. The average Bonchev–Trinajstić information content (AvgIpc) is 2.26. The van der Waals surface area contributed by atoms with Crippen molar-refractivity contribution in [3.63, 3.8) is 0 Å². The van der Waals surface area contributed by atoms with Gasteiger partial charge in [0.05, 0.1) is 5.56 Å². The number of nitrogens with one attached hydrogen (secondary N) is 1. The van der Waals surface area contributed by atoms with Gasteiger partial charge in [-0.2, -0.15) is 5.48 Å². The number of carbonyl (C=O) groups excluding carboxylic acids is 1. The zero-order chi connectivity index (χ0) is 11.3. The van der Waals surface area contributed by atoms with Gasteiger partial charge in [0, 0.05) is 26.3 Å². The molecule has 0 unspecified atom stereocenters. The van der Waals surface area contributed by atoms with Gasteiger partial charge in [0.15, 0.2) is 0 Å². The molecule has 1 N–H and O–H groups in total. The molecule has 1 aromatic carbocycles. The van der Waals surface area contributed by atoms with Gasteiger partial charge in [-0.25, -0.2) is 4.79 Å². The van der Waals surface area contributed by atoms with Crippen LogP contribution in [0.15, 0.2) is 24.3 Å². The van der Waals surface area contributed by atoms with Crippen molar-refractivity contribution in [2.24, 2.45) is 0 Å². The van der Waals surface area contributed by atoms with E-state index in [0.29, 0.717) is 12.1 Å². The van der Waals surface area contributed by atoms with Crippen molar-refractivity contribution in [2.75, 3.05) is 25.5 Å². The molecule has 4 nitrogen and oxygen atoms in total. The second-order valence-corrected chi connectivity index (χ2v) is 3.33. The molecule has 0 radical (unpaired) electrons. The van der Waals surface area contributed by atoms with E-state index in [9.17, 15) is 4.79 Å². The van der Waals surface area contributed by atoms with Crippen LogP contribution in [0.2, 0.25) is 0 Å². The maximum Gasteiger partial charge on any atom is 0.356 e. The van der Waals surface area contributed by atoms with E-state index in [1.165, 1.54) is 0 Å². The molecular weight excluding hydrogens is 192 g/mol. The van der Waals surface area contributed by atoms with E-state index < -0.39 is 0 Å². The Hall–Kier alpha value is -1.55. The van der Waals surface area contributed by atoms with E-state index in [-0.39, 0.29) is 5.97 Å². The zero-order valence-electron chi connectivity index (χ0n) is 9.28. The summed E-state index contributed by atoms with van der Waals surface area (Å²) in [5.74, 6) is -0.359. The maximum atomic E-state index is 11.4. The number of rotatable bonds is 4. The number of carbonyl (C=O) groups is 1. The third-order valence-electron chi connectivity index (χ3n) is 1.93. The Morgan fingerprint density at radius 1 is 1.33 bits per heavy atom. The molecule has 0 atom stereocenters. The third kappa shape index (κ3) is 3.25. The third-order valence-corrected chi connectivity index (χ3v) is 1.93. The van der Waals surface area contributed by atoms with Gasteiger partial charge in [-0.15, -0.1) is 0 Å². The van der Waals surface area contributed by atoms with Gasteiger partial charge in [-0.05, 0) is 31.2 Å². The van der Waals surface area contributed by atoms with Crippen LogP contribution in [-0.2, 0) is 4.84 Å². The van der Waals surface area contributed by atoms with Crippen LogP contribution in [0, 0.1) is 0 Å². The predicted octanol–water partition coefficient (Wildman–Crippen LogP) is 1.43. The minimum Gasteiger partial charge on any atom is -0.378 e. The van der Waals surface area contributed by atoms with Crippen molar-refractivity contribution in [2.45, 2.75) is 6.92 Å². The van der Waals surface area contributed by atoms with Crippen LogP contribution in [-0.4, -0.2) is 26.6 Å². The van der Waals surface area contributed by atoms with Gasteiger partial charge in [0.2, 0.25) is 0 Å². The van der Waals surface area contributed by atoms with Crippen molar-refractivity contribution in [1.82, 2.24) is 5.48 Å². The van der Waals surface area contributed by atoms with Crippen LogP contribution < -0.4 is 10.4 Å². The molecular formula is C11H16N2O2. The van der Waals surface area contributed by atoms with Gasteiger partial charge in [0.25, 0.3) is 0 Å². The quantitative estimate of drug-likeness (QED) is 0.760. The van der Waals surface area contributed by atoms with Crippen LogP contribution in [0.1, 0.15) is 17.3 Å². The lowest BCUT2D eigenvalue weighted by molar-refractivity contribution is 0.0266. The lowest BCUT2D eigenvalue weighted by Gasteiger charge is -2.12. The Balaban J connectivity index is 2.67. The Kier molecular flexibility index (Phi) is 4.12. The first kappa shape index (κ1) is 11.5. The Bertz CT molecular complexity index is 320. The summed E-state index contributed by atoms with van der Waals surface area (Å²) >= 11 is 0. The first-order chi connectivity index (χ1) is 7.15. The molecule has 0 saturated heterocycles. The van der Waals surface area contributed by atoms with Gasteiger partial charge in [0.1, 0.15) is 0 Å². The van der Waals surface area contributed by atoms with Gasteiger partial charge in [-0.3, -0.25) is 0 Å². The van der Waals surface area contributed by atoms with Crippen LogP contribution in [0.25, 0.3) is 0 Å². The van der Waals surface area contributed by atoms with Gasteiger partial charge in [-0.1, -0.05) is 0 Å². The number of nitrogens with zero attached hydrogens (tertiary/aromatic N) is 1. The fourth-order valence-corrected chi connectivity index (χ4v) is 1.09. The lowest BCUT2D eigenvalue weighted by atomic mass is 10.2. The Morgan fingerprint density at radius 3 is 2.40 bits per heavy atom. The number of hydrogen-bond acceptors (Lipinski definition) is 4. The van der Waals surface area contributed by atoms with Crippen molar-refractivity contribution < 1.29 is 9.63 Å². The summed E-state index contributed by atoms with van der Waals surface area (Å²) in [6.45, 7) is 2.46. The molecule has 15 heavy (non-hydrogen) atoms. The first-order valence-electron chi connectivity index (χ1n) is 4.86. The normalized spacial score (nSPS) is 9.80. The van der Waals surface area contributed by atoms with E-state index in [2.05, 4.69) is 5.48 Å². The molecule has 0 aliphatic rings. The molecule has 0 amide bonds. The summed E-state index contributed by atoms with van der Waals surface area (Å²) in [7, 11) is 3.90. The summed E-state index contributed by atoms with van der Waals surface area (Å²) in [4.78, 5) is 18.1. The van der Waals surface area contributed by atoms with Crippen molar-refractivity contribution >= 4 is 11.7 Å². The number of hydrogen-bond donors (Lipinski definition) is 1. The van der Waals surface area contributed by atoms with E-state index in [0.717, 1.165) is 5.69 Å². The predicted molar refractivity (Wildman–Crippen MR) is 59.9 cm³/mol. The van der Waals surface area contributed by atoms with E-state index in [1.54, 1.807) is 12.1 Å². The Morgan fingerprint density at radius 2 is 1.93 bits per heavy atom. The molecule has 0 bridgehead atoms. The minimum atomic E-state index is -0.359. The molecule has 0 fully saturated rings. The SMILES string of the molecule is CCNOC(=O)c1ccc(N(C)C)cc1. The summed E-state index contributed by atoms with van der Waals surface area (Å²) in [5.41, 5.74) is 4.12. The topological polar surface area (TPSA) is 41.6 Å². The van der Waals surface area contributed by atoms with Crippen LogP contribution in [0.3, 0.4) is 0 Å². The summed E-state index contributed by atoms with van der Waals surface area (Å²) in [6.07, 6.45) is 0. The highest BCUT2D eigenvalue weighted by Crippen LogP contribution is 2.12. The molecule has 0 aromatic heterocycles. The standard InChI is InChI=1S/C11H16N2O2/c1-4-12-15-11(14)9-5-7-10(8-6-9)13(2)3/h5-8,12H,4H2,1-3H3. The second-order valence-electron chi connectivity index (χ2n) is 3.33. The molecule has 1 aromatic rings. The molecule has 4 heteroatoms. The van der Waals surface area contributed by atoms with Gasteiger partial charge < -0.3 is 9.74 Å². The largest absolute Gasteiger partial charge is 0.378 e. The molecule has 82 valence electrons. The molecule has 1 rings (SSSR count). The van der Waals surface area contributed by atoms with Crippen LogP contribution >= 0.6 is 0 Å². The summed E-state index contributed by atoms with van der Waals surface area (Å²) in [5, 5.41) is 0. The van der Waals surface area contributed by atoms with Crippen molar-refractivity contribution in [1.29, 1.82) is 0 Å². The first-order valence-corrected chi connectivity index (χ1v) is 4.86. The zero-order valence-corrected chi connectivity index (χ0v) is 9.28. The van der Waals surface area contributed by atoms with Gasteiger partial charge >= 0.3 is 5.97 Å². The lowest BCUT2D eigenvalue weighted by Crippen LogP contribution is -2.19. The Labute approximate surface area is 89.8 Å². The van der Waals surface area contributed by atoms with E-state index in [4.69, 9.17) is 4.84 Å². The highest BCUT2D eigenvalue weighted by molar-refractivity contribution is 5.89. The van der Waals surface area contributed by atoms with E-state index in [1.807, 2.05) is 38.1 Å². The average molecular weight is 208 g/mol. The molecule has 0 aliphatic carbocycles. The summed E-state index contributed by atoms with van der Waals surface area (Å²) in [6, 6.07) is 7.25. The number of benzene rings is 1. The second kappa shape index (κ2) is 5.36. The molecule has 0 heterocycles. The van der Waals surface area contributed by atoms with Crippen LogP contribution in [0.4, 0.5) is 5.69 Å². The maximum absolute atomic E-state index is 11.4. The highest BCUT2D eigenvalue weighted by atomic mass is 16.7. The molecule has 0 saturated carbocycles. The number of hydroxylamine groups is 1. The smallest absolute Gasteiger partial charge is 0.356 e. The highest BCUT2D eigenvalue weighted by Gasteiger charge is 2.06. The van der Waals surface area contributed by atoms with Crippen molar-refractivity contribution in [3.05, 3.63) is 29.8 Å². The van der Waals surface area contributed by atoms with E-state index >= 15 is 0 Å². The summed E-state index contributed by atoms with van der Waals surface area (Å²) < 4.78 is 0. The molecule has 0 spiro atoms. The fraction of sp³-hybridized carbons (Fsp3) is 0.364. The van der Waals surface area contributed by atoms with Crippen molar-refractivity contribution in [3.8, 4) is 0 Å². The van der Waals surface area contributed by atoms with Crippen LogP contribution in [0.5, 0.6) is 0 Å². The molecule has 0 aliphatic heterocycles. The minimum absolute atomic E-state index is 0.359.